The van der Waals surface area contributed by atoms with Crippen LogP contribution < -0.4 is 5.32 Å². The van der Waals surface area contributed by atoms with Crippen LogP contribution in [0.1, 0.15) is 25.2 Å². The lowest BCUT2D eigenvalue weighted by atomic mass is 10.2. The van der Waals surface area contributed by atoms with Crippen molar-refractivity contribution in [1.82, 2.24) is 15.5 Å². The van der Waals surface area contributed by atoms with Crippen LogP contribution in [0.3, 0.4) is 0 Å². The topological polar surface area (TPSA) is 68.0 Å². The molecule has 1 saturated carbocycles. The molecule has 0 aliphatic heterocycles. The van der Waals surface area contributed by atoms with Crippen LogP contribution in [0.2, 0.25) is 5.02 Å². The van der Waals surface area contributed by atoms with Gasteiger partial charge in [0.2, 0.25) is 17.6 Å². The van der Waals surface area contributed by atoms with E-state index in [4.69, 9.17) is 16.1 Å². The Balaban J connectivity index is 1.58. The molecule has 1 aromatic heterocycles. The number of halogens is 1. The highest BCUT2D eigenvalue weighted by atomic mass is 35.5. The predicted molar refractivity (Wildman–Crippen MR) is 74.2 cm³/mol. The summed E-state index contributed by atoms with van der Waals surface area (Å²) in [5.41, 5.74) is 0.840. The molecule has 0 bridgehead atoms. The van der Waals surface area contributed by atoms with Gasteiger partial charge in [-0.2, -0.15) is 4.98 Å². The lowest BCUT2D eigenvalue weighted by molar-refractivity contribution is -0.121. The molecule has 20 heavy (non-hydrogen) atoms. The van der Waals surface area contributed by atoms with Crippen LogP contribution in [-0.4, -0.2) is 22.1 Å². The number of hydrogen-bond acceptors (Lipinski definition) is 4. The van der Waals surface area contributed by atoms with Gasteiger partial charge in [-0.15, -0.1) is 0 Å². The molecule has 0 saturated heterocycles. The number of benzene rings is 1. The van der Waals surface area contributed by atoms with Crippen molar-refractivity contribution in [3.63, 3.8) is 0 Å². The Kier molecular flexibility index (Phi) is 3.69. The van der Waals surface area contributed by atoms with Gasteiger partial charge in [-0.3, -0.25) is 4.79 Å². The summed E-state index contributed by atoms with van der Waals surface area (Å²) >= 11 is 5.83. The van der Waals surface area contributed by atoms with Crippen LogP contribution in [0.15, 0.2) is 28.8 Å². The minimum absolute atomic E-state index is 0.0405. The first-order valence-electron chi connectivity index (χ1n) is 6.58. The highest BCUT2D eigenvalue weighted by Gasteiger charge is 2.23. The second-order valence-corrected chi connectivity index (χ2v) is 5.30. The molecule has 2 aromatic rings. The first-order valence-corrected chi connectivity index (χ1v) is 6.96. The molecule has 1 aromatic carbocycles. The molecule has 104 valence electrons. The molecule has 1 amide bonds. The summed E-state index contributed by atoms with van der Waals surface area (Å²) < 4.78 is 5.15. The van der Waals surface area contributed by atoms with E-state index in [1.807, 2.05) is 12.1 Å². The van der Waals surface area contributed by atoms with Gasteiger partial charge in [0.1, 0.15) is 0 Å². The van der Waals surface area contributed by atoms with Gasteiger partial charge < -0.3 is 9.84 Å². The molecule has 0 spiro atoms. The lowest BCUT2D eigenvalue weighted by Gasteiger charge is -1.99. The molecular weight excluding hydrogens is 278 g/mol. The number of amides is 1. The molecule has 1 aliphatic rings. The van der Waals surface area contributed by atoms with Crippen LogP contribution in [-0.2, 0) is 11.2 Å². The Morgan fingerprint density at radius 3 is 2.80 bits per heavy atom. The smallest absolute Gasteiger partial charge is 0.227 e. The van der Waals surface area contributed by atoms with Gasteiger partial charge in [0.15, 0.2) is 0 Å². The number of aromatic nitrogens is 2. The first kappa shape index (κ1) is 13.1. The molecule has 0 unspecified atom stereocenters. The standard InChI is InChI=1S/C14H14ClN3O2/c15-10-3-1-9(2-4-10)14-17-13(20-18-14)8-7-12(19)16-11-5-6-11/h1-4,11H,5-8H2,(H,16,19). The van der Waals surface area contributed by atoms with E-state index < -0.39 is 0 Å². The summed E-state index contributed by atoms with van der Waals surface area (Å²) in [5, 5.41) is 7.49. The average molecular weight is 292 g/mol. The predicted octanol–water partition coefficient (Wildman–Crippen LogP) is 2.60. The normalized spacial score (nSPS) is 14.2. The fraction of sp³-hybridized carbons (Fsp3) is 0.357. The summed E-state index contributed by atoms with van der Waals surface area (Å²) in [6.45, 7) is 0. The monoisotopic (exact) mass is 291 g/mol. The molecule has 3 rings (SSSR count). The third-order valence-corrected chi connectivity index (χ3v) is 3.33. The van der Waals surface area contributed by atoms with Gasteiger partial charge >= 0.3 is 0 Å². The van der Waals surface area contributed by atoms with Gasteiger partial charge in [0, 0.05) is 29.5 Å². The molecular formula is C14H14ClN3O2. The Labute approximate surface area is 121 Å². The number of hydrogen-bond donors (Lipinski definition) is 1. The molecule has 6 heteroatoms. The minimum Gasteiger partial charge on any atom is -0.353 e. The lowest BCUT2D eigenvalue weighted by Crippen LogP contribution is -2.25. The maximum atomic E-state index is 11.6. The first-order chi connectivity index (χ1) is 9.70. The number of rotatable bonds is 5. The van der Waals surface area contributed by atoms with Crippen molar-refractivity contribution in [2.45, 2.75) is 31.7 Å². The number of nitrogens with zero attached hydrogens (tertiary/aromatic N) is 2. The highest BCUT2D eigenvalue weighted by molar-refractivity contribution is 6.30. The molecule has 1 N–H and O–H groups in total. The van der Waals surface area contributed by atoms with Crippen LogP contribution in [0, 0.1) is 0 Å². The van der Waals surface area contributed by atoms with Crippen molar-refractivity contribution in [3.05, 3.63) is 35.2 Å². The van der Waals surface area contributed by atoms with Gasteiger partial charge in [-0.05, 0) is 37.1 Å². The second-order valence-electron chi connectivity index (χ2n) is 4.86. The van der Waals surface area contributed by atoms with Crippen molar-refractivity contribution in [2.24, 2.45) is 0 Å². The van der Waals surface area contributed by atoms with E-state index in [1.54, 1.807) is 12.1 Å². The summed E-state index contributed by atoms with van der Waals surface area (Å²) in [5.74, 6) is 1.03. The number of carbonyl (C=O) groups is 1. The number of nitrogens with one attached hydrogen (secondary N) is 1. The van der Waals surface area contributed by atoms with Crippen molar-refractivity contribution < 1.29 is 9.32 Å². The maximum Gasteiger partial charge on any atom is 0.227 e. The zero-order valence-electron chi connectivity index (χ0n) is 10.8. The second kappa shape index (κ2) is 5.63. The fourth-order valence-corrected chi connectivity index (χ4v) is 1.95. The van der Waals surface area contributed by atoms with E-state index in [0.717, 1.165) is 18.4 Å². The summed E-state index contributed by atoms with van der Waals surface area (Å²) in [6.07, 6.45) is 3.01. The fourth-order valence-electron chi connectivity index (χ4n) is 1.82. The van der Waals surface area contributed by atoms with Crippen LogP contribution >= 0.6 is 11.6 Å². The minimum atomic E-state index is 0.0405. The van der Waals surface area contributed by atoms with E-state index in [-0.39, 0.29) is 5.91 Å². The molecule has 1 fully saturated rings. The van der Waals surface area contributed by atoms with Crippen LogP contribution in [0.25, 0.3) is 11.4 Å². The largest absolute Gasteiger partial charge is 0.353 e. The van der Waals surface area contributed by atoms with Crippen molar-refractivity contribution in [1.29, 1.82) is 0 Å². The summed E-state index contributed by atoms with van der Waals surface area (Å²) in [7, 11) is 0. The molecule has 0 atom stereocenters. The Morgan fingerprint density at radius 1 is 1.35 bits per heavy atom. The molecule has 1 aliphatic carbocycles. The zero-order valence-corrected chi connectivity index (χ0v) is 11.6. The summed E-state index contributed by atoms with van der Waals surface area (Å²) in [6, 6.07) is 7.59. The van der Waals surface area contributed by atoms with Crippen molar-refractivity contribution in [3.8, 4) is 11.4 Å². The molecule has 5 nitrogen and oxygen atoms in total. The van der Waals surface area contributed by atoms with E-state index >= 15 is 0 Å². The third kappa shape index (κ3) is 3.36. The SMILES string of the molecule is O=C(CCc1nc(-c2ccc(Cl)cc2)no1)NC1CC1. The van der Waals surface area contributed by atoms with Crippen LogP contribution in [0.5, 0.6) is 0 Å². The Morgan fingerprint density at radius 2 is 2.10 bits per heavy atom. The van der Waals surface area contributed by atoms with Gasteiger partial charge in [-0.1, -0.05) is 16.8 Å². The van der Waals surface area contributed by atoms with Gasteiger partial charge in [-0.25, -0.2) is 0 Å². The third-order valence-electron chi connectivity index (χ3n) is 3.08. The highest BCUT2D eigenvalue weighted by Crippen LogP contribution is 2.20. The Bertz CT molecular complexity index is 605. The molecule has 0 radical (unpaired) electrons. The van der Waals surface area contributed by atoms with E-state index in [1.165, 1.54) is 0 Å². The maximum absolute atomic E-state index is 11.6. The van der Waals surface area contributed by atoms with E-state index in [0.29, 0.717) is 35.6 Å². The zero-order chi connectivity index (χ0) is 13.9. The van der Waals surface area contributed by atoms with Gasteiger partial charge in [0.05, 0.1) is 0 Å². The van der Waals surface area contributed by atoms with Crippen molar-refractivity contribution in [2.75, 3.05) is 0 Å². The quantitative estimate of drug-likeness (QED) is 0.919. The van der Waals surface area contributed by atoms with Crippen molar-refractivity contribution >= 4 is 17.5 Å². The average Bonchev–Trinajstić information content (AvgIpc) is 3.12. The van der Waals surface area contributed by atoms with E-state index in [9.17, 15) is 4.79 Å². The van der Waals surface area contributed by atoms with Crippen LogP contribution in [0.4, 0.5) is 0 Å². The number of aryl methyl sites for hydroxylation is 1. The number of carbonyl (C=O) groups excluding carboxylic acids is 1. The molecule has 1 heterocycles. The van der Waals surface area contributed by atoms with E-state index in [2.05, 4.69) is 15.5 Å². The Hall–Kier alpha value is -1.88. The van der Waals surface area contributed by atoms with Gasteiger partial charge in [0.25, 0.3) is 0 Å². The summed E-state index contributed by atoms with van der Waals surface area (Å²) in [4.78, 5) is 15.8.